The maximum atomic E-state index is 12.0. The summed E-state index contributed by atoms with van der Waals surface area (Å²) in [6, 6.07) is 8.17. The van der Waals surface area contributed by atoms with Crippen molar-refractivity contribution in [2.45, 2.75) is 24.2 Å². The number of amides is 1. The number of allylic oxidation sites excluding steroid dienone is 1. The normalized spacial score (nSPS) is 20.6. The highest BCUT2D eigenvalue weighted by Crippen LogP contribution is 2.48. The van der Waals surface area contributed by atoms with Gasteiger partial charge in [-0.3, -0.25) is 0 Å². The highest BCUT2D eigenvalue weighted by molar-refractivity contribution is 8.00. The minimum atomic E-state index is -0.279. The molecule has 0 fully saturated rings. The fourth-order valence-corrected chi connectivity index (χ4v) is 3.56. The Morgan fingerprint density at radius 2 is 2.22 bits per heavy atom. The largest absolute Gasteiger partial charge is 0.449 e. The highest BCUT2D eigenvalue weighted by atomic mass is 32.2. The first kappa shape index (κ1) is 11.5. The van der Waals surface area contributed by atoms with Crippen LogP contribution in [-0.2, 0) is 4.74 Å². The van der Waals surface area contributed by atoms with Crippen LogP contribution < -0.4 is 4.90 Å². The molecule has 1 amide bonds. The van der Waals surface area contributed by atoms with Crippen LogP contribution in [0.15, 0.2) is 41.1 Å². The maximum absolute atomic E-state index is 12.0. The molecule has 0 aromatic heterocycles. The van der Waals surface area contributed by atoms with Crippen LogP contribution in [0.3, 0.4) is 0 Å². The number of carbonyl (C=O) groups is 1. The Labute approximate surface area is 110 Å². The molecule has 2 heterocycles. The van der Waals surface area contributed by atoms with E-state index in [1.165, 1.54) is 4.90 Å². The zero-order chi connectivity index (χ0) is 12.7. The average Bonchev–Trinajstić information content (AvgIpc) is 2.84. The number of para-hydroxylation sites is 1. The molecule has 1 unspecified atom stereocenters. The van der Waals surface area contributed by atoms with Crippen LogP contribution in [-0.4, -0.2) is 23.1 Å². The Morgan fingerprint density at radius 3 is 3.00 bits per heavy atom. The SMILES string of the molecule is CCOC(=O)N1C(C)=CN2c3ccccc3SC12. The Kier molecular flexibility index (Phi) is 2.70. The molecule has 94 valence electrons. The Morgan fingerprint density at radius 1 is 1.44 bits per heavy atom. The predicted octanol–water partition coefficient (Wildman–Crippen LogP) is 3.22. The Balaban J connectivity index is 1.93. The minimum Gasteiger partial charge on any atom is -0.449 e. The molecule has 2 aliphatic heterocycles. The first-order chi connectivity index (χ1) is 8.72. The van der Waals surface area contributed by atoms with Gasteiger partial charge >= 0.3 is 6.09 Å². The van der Waals surface area contributed by atoms with Crippen molar-refractivity contribution in [3.63, 3.8) is 0 Å². The van der Waals surface area contributed by atoms with E-state index in [1.54, 1.807) is 16.7 Å². The summed E-state index contributed by atoms with van der Waals surface area (Å²) in [6.45, 7) is 4.15. The summed E-state index contributed by atoms with van der Waals surface area (Å²) in [5, 5.41) is 0. The van der Waals surface area contributed by atoms with Gasteiger partial charge in [0.05, 0.1) is 12.3 Å². The lowest BCUT2D eigenvalue weighted by molar-refractivity contribution is 0.119. The van der Waals surface area contributed by atoms with Gasteiger partial charge < -0.3 is 9.64 Å². The molecule has 2 aliphatic rings. The van der Waals surface area contributed by atoms with Crippen molar-refractivity contribution in [3.8, 4) is 0 Å². The Bertz CT molecular complexity index is 529. The molecule has 0 bridgehead atoms. The molecule has 0 spiro atoms. The lowest BCUT2D eigenvalue weighted by Crippen LogP contribution is -2.38. The quantitative estimate of drug-likeness (QED) is 0.778. The van der Waals surface area contributed by atoms with Gasteiger partial charge in [0.2, 0.25) is 0 Å². The summed E-state index contributed by atoms with van der Waals surface area (Å²) < 4.78 is 5.11. The van der Waals surface area contributed by atoms with Crippen LogP contribution in [0.1, 0.15) is 13.8 Å². The number of hydrogen-bond donors (Lipinski definition) is 0. The fourth-order valence-electron chi connectivity index (χ4n) is 2.23. The van der Waals surface area contributed by atoms with Gasteiger partial charge in [0.15, 0.2) is 5.50 Å². The third-order valence-corrected chi connectivity index (χ3v) is 4.25. The van der Waals surface area contributed by atoms with Crippen LogP contribution >= 0.6 is 11.8 Å². The molecule has 0 aliphatic carbocycles. The van der Waals surface area contributed by atoms with E-state index in [2.05, 4.69) is 17.0 Å². The first-order valence-corrected chi connectivity index (χ1v) is 6.78. The van der Waals surface area contributed by atoms with Crippen molar-refractivity contribution in [1.82, 2.24) is 4.90 Å². The number of ether oxygens (including phenoxy) is 1. The lowest BCUT2D eigenvalue weighted by atomic mass is 10.3. The fraction of sp³-hybridized carbons (Fsp3) is 0.308. The van der Waals surface area contributed by atoms with E-state index in [9.17, 15) is 4.79 Å². The van der Waals surface area contributed by atoms with Crippen molar-refractivity contribution >= 4 is 23.5 Å². The zero-order valence-corrected chi connectivity index (χ0v) is 11.1. The number of benzene rings is 1. The Hall–Kier alpha value is -1.62. The van der Waals surface area contributed by atoms with Crippen molar-refractivity contribution in [1.29, 1.82) is 0 Å². The molecular weight excluding hydrogens is 248 g/mol. The van der Waals surface area contributed by atoms with Gasteiger partial charge in [-0.15, -0.1) is 0 Å². The number of nitrogens with zero attached hydrogens (tertiary/aromatic N) is 2. The van der Waals surface area contributed by atoms with Crippen molar-refractivity contribution < 1.29 is 9.53 Å². The molecule has 18 heavy (non-hydrogen) atoms. The maximum Gasteiger partial charge on any atom is 0.416 e. The molecule has 1 atom stereocenters. The predicted molar refractivity (Wildman–Crippen MR) is 71.2 cm³/mol. The number of anilines is 1. The third kappa shape index (κ3) is 1.58. The number of rotatable bonds is 1. The van der Waals surface area contributed by atoms with Crippen LogP contribution in [0.4, 0.5) is 10.5 Å². The van der Waals surface area contributed by atoms with Crippen molar-refractivity contribution in [3.05, 3.63) is 36.2 Å². The number of hydrogen-bond acceptors (Lipinski definition) is 4. The van der Waals surface area contributed by atoms with Crippen molar-refractivity contribution in [2.24, 2.45) is 0 Å². The van der Waals surface area contributed by atoms with E-state index in [0.717, 1.165) is 11.4 Å². The van der Waals surface area contributed by atoms with Gasteiger partial charge in [-0.1, -0.05) is 23.9 Å². The molecule has 3 rings (SSSR count). The van der Waals surface area contributed by atoms with Gasteiger partial charge in [-0.2, -0.15) is 0 Å². The molecule has 1 aromatic carbocycles. The van der Waals surface area contributed by atoms with Gasteiger partial charge in [0.1, 0.15) is 0 Å². The molecular formula is C13H14N2O2S. The highest BCUT2D eigenvalue weighted by Gasteiger charge is 2.41. The smallest absolute Gasteiger partial charge is 0.416 e. The number of carbonyl (C=O) groups excluding carboxylic acids is 1. The molecule has 4 nitrogen and oxygen atoms in total. The third-order valence-electron chi connectivity index (χ3n) is 3.01. The summed E-state index contributed by atoms with van der Waals surface area (Å²) in [4.78, 5) is 17.0. The van der Waals surface area contributed by atoms with Gasteiger partial charge in [0.25, 0.3) is 0 Å². The molecule has 5 heteroatoms. The second-order valence-corrected chi connectivity index (χ2v) is 5.26. The second kappa shape index (κ2) is 4.24. The lowest BCUT2D eigenvalue weighted by Gasteiger charge is -2.25. The van der Waals surface area contributed by atoms with Crippen LogP contribution in [0.2, 0.25) is 0 Å². The molecule has 0 radical (unpaired) electrons. The van der Waals surface area contributed by atoms with E-state index >= 15 is 0 Å². The van der Waals surface area contributed by atoms with E-state index in [4.69, 9.17) is 4.74 Å². The zero-order valence-electron chi connectivity index (χ0n) is 10.3. The van der Waals surface area contributed by atoms with Gasteiger partial charge in [0, 0.05) is 16.8 Å². The van der Waals surface area contributed by atoms with E-state index < -0.39 is 0 Å². The standard InChI is InChI=1S/C13H14N2O2S/c1-3-17-13(16)15-9(2)8-14-10-6-4-5-7-11(10)18-12(14)15/h4-8,12H,3H2,1-2H3. The summed E-state index contributed by atoms with van der Waals surface area (Å²) in [5.74, 6) is 0. The topological polar surface area (TPSA) is 32.8 Å². The second-order valence-electron chi connectivity index (χ2n) is 4.16. The monoisotopic (exact) mass is 262 g/mol. The van der Waals surface area contributed by atoms with Gasteiger partial charge in [-0.25, -0.2) is 9.69 Å². The molecule has 0 saturated heterocycles. The van der Waals surface area contributed by atoms with Crippen LogP contribution in [0.25, 0.3) is 0 Å². The average molecular weight is 262 g/mol. The number of thioether (sulfide) groups is 1. The molecule has 0 saturated carbocycles. The number of fused-ring (bicyclic) bond motifs is 3. The molecule has 0 N–H and O–H groups in total. The summed E-state index contributed by atoms with van der Waals surface area (Å²) in [7, 11) is 0. The van der Waals surface area contributed by atoms with Crippen LogP contribution in [0, 0.1) is 0 Å². The van der Waals surface area contributed by atoms with E-state index in [1.807, 2.05) is 32.2 Å². The summed E-state index contributed by atoms with van der Waals surface area (Å²) in [6.07, 6.45) is 1.72. The summed E-state index contributed by atoms with van der Waals surface area (Å²) in [5.41, 5.74) is 2.03. The first-order valence-electron chi connectivity index (χ1n) is 5.91. The van der Waals surface area contributed by atoms with E-state index in [-0.39, 0.29) is 11.6 Å². The summed E-state index contributed by atoms with van der Waals surface area (Å²) >= 11 is 1.67. The van der Waals surface area contributed by atoms with Crippen molar-refractivity contribution in [2.75, 3.05) is 11.5 Å². The minimum absolute atomic E-state index is 0.0403. The molecule has 1 aromatic rings. The van der Waals surface area contributed by atoms with Crippen LogP contribution in [0.5, 0.6) is 0 Å². The van der Waals surface area contributed by atoms with Gasteiger partial charge in [-0.05, 0) is 26.0 Å². The van der Waals surface area contributed by atoms with E-state index in [0.29, 0.717) is 6.61 Å².